The molecule has 4 nitrogen and oxygen atoms in total. The summed E-state index contributed by atoms with van der Waals surface area (Å²) < 4.78 is 0. The number of nitrogens with one attached hydrogen (secondary N) is 1. The second-order valence-corrected chi connectivity index (χ2v) is 3.10. The zero-order chi connectivity index (χ0) is 10.2. The van der Waals surface area contributed by atoms with Crippen molar-refractivity contribution in [3.8, 4) is 6.19 Å². The van der Waals surface area contributed by atoms with Crippen molar-refractivity contribution in [1.82, 2.24) is 10.2 Å². The Morgan fingerprint density at radius 3 is 2.79 bits per heavy atom. The van der Waals surface area contributed by atoms with Gasteiger partial charge in [0.2, 0.25) is 0 Å². The van der Waals surface area contributed by atoms with Gasteiger partial charge in [0.25, 0.3) is 0 Å². The van der Waals surface area contributed by atoms with E-state index < -0.39 is 0 Å². The van der Waals surface area contributed by atoms with Crippen LogP contribution in [0, 0.1) is 11.5 Å². The van der Waals surface area contributed by atoms with Gasteiger partial charge in [-0.05, 0) is 25.0 Å². The van der Waals surface area contributed by atoms with Gasteiger partial charge in [-0.25, -0.2) is 0 Å². The van der Waals surface area contributed by atoms with Crippen LogP contribution in [0.1, 0.15) is 31.9 Å². The number of unbranched alkanes of at least 4 members (excludes halogenated alkanes) is 2. The molecule has 0 saturated heterocycles. The van der Waals surface area contributed by atoms with Crippen molar-refractivity contribution in [3.05, 3.63) is 17.8 Å². The van der Waals surface area contributed by atoms with Crippen molar-refractivity contribution >= 4 is 5.82 Å². The third-order valence-electron chi connectivity index (χ3n) is 1.94. The highest BCUT2D eigenvalue weighted by molar-refractivity contribution is 5.36. The summed E-state index contributed by atoms with van der Waals surface area (Å²) in [6.45, 7) is 2.17. The van der Waals surface area contributed by atoms with Crippen LogP contribution in [0.3, 0.4) is 0 Å². The van der Waals surface area contributed by atoms with E-state index in [2.05, 4.69) is 22.4 Å². The first-order valence-corrected chi connectivity index (χ1v) is 4.84. The number of aromatic nitrogens is 2. The van der Waals surface area contributed by atoms with E-state index >= 15 is 0 Å². The number of rotatable bonds is 5. The smallest absolute Gasteiger partial charge is 0.182 e. The molecule has 0 aliphatic carbocycles. The van der Waals surface area contributed by atoms with Gasteiger partial charge in [0.05, 0.1) is 5.69 Å². The number of hydrogen-bond donors (Lipinski definition) is 1. The second kappa shape index (κ2) is 5.92. The molecule has 1 aromatic rings. The summed E-state index contributed by atoms with van der Waals surface area (Å²) in [5, 5.41) is 18.6. The monoisotopic (exact) mass is 190 g/mol. The van der Waals surface area contributed by atoms with E-state index in [0.29, 0.717) is 5.82 Å². The fourth-order valence-corrected chi connectivity index (χ4v) is 1.17. The number of anilines is 1. The zero-order valence-electron chi connectivity index (χ0n) is 8.32. The Morgan fingerprint density at radius 2 is 2.21 bits per heavy atom. The molecule has 1 rings (SSSR count). The van der Waals surface area contributed by atoms with E-state index in [1.165, 1.54) is 12.8 Å². The van der Waals surface area contributed by atoms with Crippen molar-refractivity contribution < 1.29 is 0 Å². The molecule has 0 bridgehead atoms. The van der Waals surface area contributed by atoms with E-state index in [4.69, 9.17) is 5.26 Å². The van der Waals surface area contributed by atoms with Gasteiger partial charge in [-0.1, -0.05) is 19.8 Å². The normalized spacial score (nSPS) is 9.43. The van der Waals surface area contributed by atoms with Crippen LogP contribution in [0.25, 0.3) is 0 Å². The third kappa shape index (κ3) is 3.40. The lowest BCUT2D eigenvalue weighted by Crippen LogP contribution is -1.97. The third-order valence-corrected chi connectivity index (χ3v) is 1.94. The number of nitriles is 1. The fraction of sp³-hybridized carbons (Fsp3) is 0.500. The van der Waals surface area contributed by atoms with Gasteiger partial charge in [0.1, 0.15) is 0 Å². The van der Waals surface area contributed by atoms with E-state index in [1.54, 1.807) is 12.3 Å². The van der Waals surface area contributed by atoms with Crippen LogP contribution in [-0.4, -0.2) is 10.2 Å². The van der Waals surface area contributed by atoms with E-state index in [-0.39, 0.29) is 0 Å². The molecular weight excluding hydrogens is 176 g/mol. The van der Waals surface area contributed by atoms with Crippen LogP contribution >= 0.6 is 0 Å². The Kier molecular flexibility index (Phi) is 4.42. The van der Waals surface area contributed by atoms with E-state index in [1.807, 2.05) is 6.07 Å². The van der Waals surface area contributed by atoms with Crippen molar-refractivity contribution in [2.24, 2.45) is 0 Å². The summed E-state index contributed by atoms with van der Waals surface area (Å²) in [6.07, 6.45) is 6.35. The zero-order valence-corrected chi connectivity index (χ0v) is 8.32. The van der Waals surface area contributed by atoms with Gasteiger partial charge in [-0.15, -0.1) is 5.10 Å². The van der Waals surface area contributed by atoms with Gasteiger partial charge in [-0.2, -0.15) is 10.4 Å². The Morgan fingerprint density at radius 1 is 1.36 bits per heavy atom. The molecule has 0 saturated carbocycles. The van der Waals surface area contributed by atoms with Crippen LogP contribution < -0.4 is 5.32 Å². The van der Waals surface area contributed by atoms with Crippen molar-refractivity contribution in [3.63, 3.8) is 0 Å². The predicted molar refractivity (Wildman–Crippen MR) is 54.5 cm³/mol. The molecule has 0 fully saturated rings. The van der Waals surface area contributed by atoms with Crippen LogP contribution in [-0.2, 0) is 6.42 Å². The Balaban J connectivity index is 2.43. The van der Waals surface area contributed by atoms with Gasteiger partial charge >= 0.3 is 0 Å². The fourth-order valence-electron chi connectivity index (χ4n) is 1.17. The summed E-state index contributed by atoms with van der Waals surface area (Å²) in [5.74, 6) is 0.506. The van der Waals surface area contributed by atoms with Crippen LogP contribution in [0.5, 0.6) is 0 Å². The Bertz CT molecular complexity index is 299. The van der Waals surface area contributed by atoms with Gasteiger partial charge in [0.15, 0.2) is 12.0 Å². The Labute approximate surface area is 84.0 Å². The molecule has 4 heteroatoms. The minimum absolute atomic E-state index is 0.506. The van der Waals surface area contributed by atoms with Crippen LogP contribution in [0.4, 0.5) is 5.82 Å². The lowest BCUT2D eigenvalue weighted by atomic mass is 10.1. The highest BCUT2D eigenvalue weighted by atomic mass is 15.2. The average molecular weight is 190 g/mol. The molecule has 0 amide bonds. The molecule has 0 spiro atoms. The topological polar surface area (TPSA) is 61.6 Å². The molecule has 0 atom stereocenters. The molecule has 1 N–H and O–H groups in total. The minimum Gasteiger partial charge on any atom is -0.275 e. The highest BCUT2D eigenvalue weighted by Crippen LogP contribution is 2.05. The van der Waals surface area contributed by atoms with Crippen molar-refractivity contribution in [1.29, 1.82) is 5.26 Å². The molecule has 0 aliphatic rings. The second-order valence-electron chi connectivity index (χ2n) is 3.10. The lowest BCUT2D eigenvalue weighted by Gasteiger charge is -1.99. The molecular formula is C10H14N4. The molecule has 0 aromatic carbocycles. The number of aryl methyl sites for hydroxylation is 1. The number of nitrogens with zero attached hydrogens (tertiary/aromatic N) is 3. The summed E-state index contributed by atoms with van der Waals surface area (Å²) in [7, 11) is 0. The first-order chi connectivity index (χ1) is 6.86. The molecule has 74 valence electrons. The average Bonchev–Trinajstić information content (AvgIpc) is 2.21. The summed E-state index contributed by atoms with van der Waals surface area (Å²) >= 11 is 0. The standard InChI is InChI=1S/C10H14N4/c1-2-3-4-5-9-6-7-10(12-8-11)14-13-9/h6-7H,2-5H2,1H3,(H,12,14). The van der Waals surface area contributed by atoms with Crippen molar-refractivity contribution in [2.75, 3.05) is 5.32 Å². The molecule has 1 aromatic heterocycles. The van der Waals surface area contributed by atoms with Crippen molar-refractivity contribution in [2.45, 2.75) is 32.6 Å². The number of hydrogen-bond acceptors (Lipinski definition) is 4. The molecule has 0 unspecified atom stereocenters. The SMILES string of the molecule is CCCCCc1ccc(NC#N)nn1. The first-order valence-electron chi connectivity index (χ1n) is 4.84. The summed E-state index contributed by atoms with van der Waals surface area (Å²) in [4.78, 5) is 0. The maximum Gasteiger partial charge on any atom is 0.182 e. The molecule has 0 aliphatic heterocycles. The van der Waals surface area contributed by atoms with E-state index in [0.717, 1.165) is 18.5 Å². The quantitative estimate of drug-likeness (QED) is 0.439. The van der Waals surface area contributed by atoms with Gasteiger partial charge in [-0.3, -0.25) is 5.32 Å². The van der Waals surface area contributed by atoms with Gasteiger partial charge < -0.3 is 0 Å². The Hall–Kier alpha value is -1.63. The maximum absolute atomic E-state index is 8.33. The summed E-state index contributed by atoms with van der Waals surface area (Å²) in [5.41, 5.74) is 0.988. The lowest BCUT2D eigenvalue weighted by molar-refractivity contribution is 0.700. The molecule has 1 heterocycles. The minimum atomic E-state index is 0.506. The van der Waals surface area contributed by atoms with Crippen LogP contribution in [0.2, 0.25) is 0 Å². The molecule has 14 heavy (non-hydrogen) atoms. The van der Waals surface area contributed by atoms with Gasteiger partial charge in [0, 0.05) is 0 Å². The van der Waals surface area contributed by atoms with Crippen LogP contribution in [0.15, 0.2) is 12.1 Å². The largest absolute Gasteiger partial charge is 0.275 e. The maximum atomic E-state index is 8.33. The summed E-state index contributed by atoms with van der Waals surface area (Å²) in [6, 6.07) is 3.68. The predicted octanol–water partition coefficient (Wildman–Crippen LogP) is 2.10. The first kappa shape index (κ1) is 10.5. The molecule has 0 radical (unpaired) electrons. The highest BCUT2D eigenvalue weighted by Gasteiger charge is 1.96. The van der Waals surface area contributed by atoms with E-state index in [9.17, 15) is 0 Å².